The summed E-state index contributed by atoms with van der Waals surface area (Å²) in [6.45, 7) is 2.09. The first-order chi connectivity index (χ1) is 11.9. The highest BCUT2D eigenvalue weighted by molar-refractivity contribution is 5.77. The summed E-state index contributed by atoms with van der Waals surface area (Å²) in [6, 6.07) is 10.7. The van der Waals surface area contributed by atoms with Gasteiger partial charge in [0.25, 0.3) is 0 Å². The van der Waals surface area contributed by atoms with Gasteiger partial charge in [-0.1, -0.05) is 43.3 Å². The maximum Gasteiger partial charge on any atom is 0.417 e. The number of carbonyl (C=O) groups is 1. The molecule has 0 saturated heterocycles. The van der Waals surface area contributed by atoms with E-state index in [0.717, 1.165) is 11.6 Å². The minimum atomic E-state index is -4.44. The molecule has 6 heteroatoms. The summed E-state index contributed by atoms with van der Waals surface area (Å²) in [6.07, 6.45) is -3.78. The molecule has 0 saturated carbocycles. The number of fused-ring (bicyclic) bond motifs is 1. The predicted molar refractivity (Wildman–Crippen MR) is 88.3 cm³/mol. The maximum absolute atomic E-state index is 13.3. The molecule has 0 fully saturated rings. The Bertz CT molecular complexity index is 786. The van der Waals surface area contributed by atoms with Crippen LogP contribution in [0.1, 0.15) is 24.5 Å². The molecule has 0 radical (unpaired) electrons. The molecule has 1 N–H and O–H groups in total. The summed E-state index contributed by atoms with van der Waals surface area (Å²) in [7, 11) is 0. The van der Waals surface area contributed by atoms with E-state index < -0.39 is 11.7 Å². The van der Waals surface area contributed by atoms with Crippen LogP contribution in [-0.4, -0.2) is 18.6 Å². The Labute approximate surface area is 143 Å². The molecule has 1 aliphatic heterocycles. The number of carbonyl (C=O) groups excluding carboxylic acids is 1. The number of halogens is 3. The van der Waals surface area contributed by atoms with Gasteiger partial charge in [-0.25, -0.2) is 0 Å². The van der Waals surface area contributed by atoms with Gasteiger partial charge in [-0.2, -0.15) is 13.2 Å². The Morgan fingerprint density at radius 1 is 1.16 bits per heavy atom. The fraction of sp³-hybridized carbons (Fsp3) is 0.316. The minimum Gasteiger partial charge on any atom is -0.487 e. The summed E-state index contributed by atoms with van der Waals surface area (Å²) < 4.78 is 45.8. The molecule has 25 heavy (non-hydrogen) atoms. The highest BCUT2D eigenvalue weighted by atomic mass is 19.4. The summed E-state index contributed by atoms with van der Waals surface area (Å²) in [5, 5.41) is 2.76. The number of benzene rings is 2. The van der Waals surface area contributed by atoms with Gasteiger partial charge in [-0.15, -0.1) is 0 Å². The second-order valence-corrected chi connectivity index (χ2v) is 5.94. The van der Waals surface area contributed by atoms with Crippen LogP contribution in [0.5, 0.6) is 5.75 Å². The van der Waals surface area contributed by atoms with Crippen molar-refractivity contribution in [1.82, 2.24) is 5.32 Å². The van der Waals surface area contributed by atoms with Crippen LogP contribution >= 0.6 is 0 Å². The summed E-state index contributed by atoms with van der Waals surface area (Å²) >= 11 is 0. The number of alkyl halides is 3. The van der Waals surface area contributed by atoms with E-state index in [1.165, 1.54) is 12.1 Å². The third-order valence-electron chi connectivity index (χ3n) is 4.20. The van der Waals surface area contributed by atoms with Crippen molar-refractivity contribution in [3.8, 4) is 16.9 Å². The van der Waals surface area contributed by atoms with Crippen molar-refractivity contribution in [3.05, 3.63) is 53.6 Å². The predicted octanol–water partition coefficient (Wildman–Crippen LogP) is 4.20. The van der Waals surface area contributed by atoms with Gasteiger partial charge in [0.1, 0.15) is 11.9 Å². The molecule has 1 amide bonds. The number of hydrogen-bond donors (Lipinski definition) is 1. The van der Waals surface area contributed by atoms with Gasteiger partial charge in [0.2, 0.25) is 5.91 Å². The van der Waals surface area contributed by atoms with Gasteiger partial charge in [-0.3, -0.25) is 4.79 Å². The lowest BCUT2D eigenvalue weighted by Gasteiger charge is -2.16. The third-order valence-corrected chi connectivity index (χ3v) is 4.20. The van der Waals surface area contributed by atoms with Crippen LogP contribution in [0.2, 0.25) is 0 Å². The molecule has 0 bridgehead atoms. The van der Waals surface area contributed by atoms with Gasteiger partial charge in [0, 0.05) is 18.4 Å². The SMILES string of the molecule is CCC(=O)NC[C@@H]1Cc2cccc(-c3ccccc3C(F)(F)F)c2O1. The molecule has 132 valence electrons. The van der Waals surface area contributed by atoms with Crippen LogP contribution in [0.25, 0.3) is 11.1 Å². The molecule has 1 aliphatic rings. The fourth-order valence-corrected chi connectivity index (χ4v) is 2.98. The van der Waals surface area contributed by atoms with E-state index in [9.17, 15) is 18.0 Å². The Morgan fingerprint density at radius 2 is 1.88 bits per heavy atom. The highest BCUT2D eigenvalue weighted by Gasteiger charge is 2.35. The van der Waals surface area contributed by atoms with E-state index in [1.807, 2.05) is 6.07 Å². The largest absolute Gasteiger partial charge is 0.487 e. The van der Waals surface area contributed by atoms with Gasteiger partial charge in [-0.05, 0) is 17.2 Å². The van der Waals surface area contributed by atoms with Crippen LogP contribution < -0.4 is 10.1 Å². The summed E-state index contributed by atoms with van der Waals surface area (Å²) in [5.74, 6) is 0.386. The molecule has 2 aromatic rings. The van der Waals surface area contributed by atoms with E-state index in [0.29, 0.717) is 30.7 Å². The van der Waals surface area contributed by atoms with Crippen LogP contribution in [0, 0.1) is 0 Å². The first-order valence-corrected chi connectivity index (χ1v) is 8.12. The van der Waals surface area contributed by atoms with Crippen molar-refractivity contribution in [2.45, 2.75) is 32.0 Å². The second kappa shape index (κ2) is 6.78. The average molecular weight is 349 g/mol. The van der Waals surface area contributed by atoms with E-state index in [1.54, 1.807) is 25.1 Å². The number of hydrogen-bond acceptors (Lipinski definition) is 2. The van der Waals surface area contributed by atoms with Crippen molar-refractivity contribution >= 4 is 5.91 Å². The standard InChI is InChI=1S/C19H18F3NO2/c1-2-17(24)23-11-13-10-12-6-5-8-15(18(12)25-13)14-7-3-4-9-16(14)19(20,21)22/h3-9,13H,2,10-11H2,1H3,(H,23,24)/t13-/m0/s1. The summed E-state index contributed by atoms with van der Waals surface area (Å²) in [5.41, 5.74) is 0.694. The maximum atomic E-state index is 13.3. The van der Waals surface area contributed by atoms with Crippen LogP contribution in [-0.2, 0) is 17.4 Å². The first-order valence-electron chi connectivity index (χ1n) is 8.12. The average Bonchev–Trinajstić information content (AvgIpc) is 3.02. The molecule has 0 aromatic heterocycles. The normalized spacial score (nSPS) is 16.2. The quantitative estimate of drug-likeness (QED) is 0.898. The van der Waals surface area contributed by atoms with E-state index >= 15 is 0 Å². The second-order valence-electron chi connectivity index (χ2n) is 5.94. The van der Waals surface area contributed by atoms with Crippen molar-refractivity contribution in [3.63, 3.8) is 0 Å². The lowest BCUT2D eigenvalue weighted by molar-refractivity contribution is -0.137. The molecule has 2 aromatic carbocycles. The Hall–Kier alpha value is -2.50. The van der Waals surface area contributed by atoms with E-state index in [4.69, 9.17) is 4.74 Å². The smallest absolute Gasteiger partial charge is 0.417 e. The third kappa shape index (κ3) is 3.62. The molecular weight excluding hydrogens is 331 g/mol. The fourth-order valence-electron chi connectivity index (χ4n) is 2.98. The molecule has 0 aliphatic carbocycles. The van der Waals surface area contributed by atoms with E-state index in [2.05, 4.69) is 5.32 Å². The Morgan fingerprint density at radius 3 is 2.60 bits per heavy atom. The molecule has 3 nitrogen and oxygen atoms in total. The monoisotopic (exact) mass is 349 g/mol. The van der Waals surface area contributed by atoms with Gasteiger partial charge >= 0.3 is 6.18 Å². The summed E-state index contributed by atoms with van der Waals surface area (Å²) in [4.78, 5) is 11.4. The topological polar surface area (TPSA) is 38.3 Å². The van der Waals surface area contributed by atoms with Crippen LogP contribution in [0.3, 0.4) is 0 Å². The minimum absolute atomic E-state index is 0.0813. The number of para-hydroxylation sites is 1. The zero-order chi connectivity index (χ0) is 18.0. The van der Waals surface area contributed by atoms with Crippen molar-refractivity contribution in [2.24, 2.45) is 0 Å². The molecule has 3 rings (SSSR count). The molecule has 1 atom stereocenters. The highest BCUT2D eigenvalue weighted by Crippen LogP contribution is 2.43. The van der Waals surface area contributed by atoms with Crippen LogP contribution in [0.4, 0.5) is 13.2 Å². The number of ether oxygens (including phenoxy) is 1. The molecule has 0 unspecified atom stereocenters. The lowest BCUT2D eigenvalue weighted by atomic mass is 9.96. The number of amides is 1. The lowest BCUT2D eigenvalue weighted by Crippen LogP contribution is -2.33. The molecule has 0 spiro atoms. The number of rotatable bonds is 4. The van der Waals surface area contributed by atoms with Gasteiger partial charge in [0.15, 0.2) is 0 Å². The number of nitrogens with one attached hydrogen (secondary N) is 1. The van der Waals surface area contributed by atoms with Crippen molar-refractivity contribution in [1.29, 1.82) is 0 Å². The van der Waals surface area contributed by atoms with Crippen molar-refractivity contribution < 1.29 is 22.7 Å². The van der Waals surface area contributed by atoms with Crippen molar-refractivity contribution in [2.75, 3.05) is 6.54 Å². The Balaban J connectivity index is 1.91. The Kier molecular flexibility index (Phi) is 4.70. The van der Waals surface area contributed by atoms with Crippen LogP contribution in [0.15, 0.2) is 42.5 Å². The van der Waals surface area contributed by atoms with Gasteiger partial charge < -0.3 is 10.1 Å². The zero-order valence-corrected chi connectivity index (χ0v) is 13.7. The molecule has 1 heterocycles. The van der Waals surface area contributed by atoms with Gasteiger partial charge in [0.05, 0.1) is 12.1 Å². The van der Waals surface area contributed by atoms with E-state index in [-0.39, 0.29) is 17.6 Å². The first kappa shape index (κ1) is 17.3. The zero-order valence-electron chi connectivity index (χ0n) is 13.7. The molecular formula is C19H18F3NO2.